The Labute approximate surface area is 144 Å². The number of nitrogens with zero attached hydrogens (tertiary/aromatic N) is 4. The van der Waals surface area contributed by atoms with Gasteiger partial charge in [-0.05, 0) is 29.8 Å². The van der Waals surface area contributed by atoms with Crippen molar-refractivity contribution in [3.63, 3.8) is 0 Å². The Bertz CT molecular complexity index is 797. The standard InChI is InChI=1S/C17H17ClN4S/c18-14-2-1-3-15-16(14)20-17(23-15)22-10-8-21(9-11-22)12-13-4-6-19-7-5-13/h1-7H,8-12H2. The van der Waals surface area contributed by atoms with Crippen molar-refractivity contribution in [1.29, 1.82) is 0 Å². The van der Waals surface area contributed by atoms with Crippen LogP contribution in [0.3, 0.4) is 0 Å². The number of aromatic nitrogens is 2. The first-order valence-electron chi connectivity index (χ1n) is 7.71. The van der Waals surface area contributed by atoms with Crippen molar-refractivity contribution < 1.29 is 0 Å². The number of halogens is 1. The first kappa shape index (κ1) is 14.9. The Kier molecular flexibility index (Phi) is 4.16. The smallest absolute Gasteiger partial charge is 0.186 e. The van der Waals surface area contributed by atoms with E-state index in [9.17, 15) is 0 Å². The van der Waals surface area contributed by atoms with E-state index in [1.807, 2.05) is 24.5 Å². The maximum atomic E-state index is 6.24. The second kappa shape index (κ2) is 6.43. The highest BCUT2D eigenvalue weighted by molar-refractivity contribution is 7.22. The largest absolute Gasteiger partial charge is 0.345 e. The minimum atomic E-state index is 0.737. The highest BCUT2D eigenvalue weighted by Crippen LogP contribution is 2.33. The van der Waals surface area contributed by atoms with Gasteiger partial charge in [0.1, 0.15) is 5.52 Å². The molecule has 3 aromatic rings. The number of pyridine rings is 1. The van der Waals surface area contributed by atoms with E-state index in [-0.39, 0.29) is 0 Å². The lowest BCUT2D eigenvalue weighted by atomic mass is 10.2. The van der Waals surface area contributed by atoms with E-state index in [1.165, 1.54) is 5.56 Å². The summed E-state index contributed by atoms with van der Waals surface area (Å²) in [6.45, 7) is 5.09. The molecule has 0 unspecified atom stereocenters. The van der Waals surface area contributed by atoms with E-state index < -0.39 is 0 Å². The second-order valence-corrected chi connectivity index (χ2v) is 7.12. The molecule has 4 rings (SSSR count). The van der Waals surface area contributed by atoms with Gasteiger partial charge in [0.2, 0.25) is 0 Å². The summed E-state index contributed by atoms with van der Waals surface area (Å²) < 4.78 is 1.16. The molecule has 1 aliphatic heterocycles. The summed E-state index contributed by atoms with van der Waals surface area (Å²) in [5, 5.41) is 1.82. The van der Waals surface area contributed by atoms with Gasteiger partial charge < -0.3 is 4.90 Å². The predicted octanol–water partition coefficient (Wildman–Crippen LogP) is 3.67. The molecule has 0 spiro atoms. The molecule has 0 bridgehead atoms. The monoisotopic (exact) mass is 344 g/mol. The topological polar surface area (TPSA) is 32.3 Å². The van der Waals surface area contributed by atoms with Crippen molar-refractivity contribution in [2.75, 3.05) is 31.1 Å². The third-order valence-electron chi connectivity index (χ3n) is 4.16. The number of benzene rings is 1. The van der Waals surface area contributed by atoms with Gasteiger partial charge in [-0.1, -0.05) is 29.0 Å². The molecular formula is C17H17ClN4S. The van der Waals surface area contributed by atoms with Crippen LogP contribution in [0.5, 0.6) is 0 Å². The first-order chi connectivity index (χ1) is 11.3. The van der Waals surface area contributed by atoms with Crippen LogP contribution in [0.15, 0.2) is 42.7 Å². The molecule has 4 nitrogen and oxygen atoms in total. The third-order valence-corrected chi connectivity index (χ3v) is 5.54. The number of hydrogen-bond acceptors (Lipinski definition) is 5. The van der Waals surface area contributed by atoms with Gasteiger partial charge in [0, 0.05) is 45.1 Å². The van der Waals surface area contributed by atoms with Gasteiger partial charge in [-0.15, -0.1) is 0 Å². The van der Waals surface area contributed by atoms with Crippen LogP contribution in [-0.2, 0) is 6.54 Å². The minimum Gasteiger partial charge on any atom is -0.345 e. The van der Waals surface area contributed by atoms with Crippen LogP contribution >= 0.6 is 22.9 Å². The van der Waals surface area contributed by atoms with Crippen molar-refractivity contribution >= 4 is 38.3 Å². The van der Waals surface area contributed by atoms with Crippen molar-refractivity contribution in [1.82, 2.24) is 14.9 Å². The summed E-state index contributed by atoms with van der Waals surface area (Å²) in [7, 11) is 0. The lowest BCUT2D eigenvalue weighted by Crippen LogP contribution is -2.45. The SMILES string of the molecule is Clc1cccc2sc(N3CCN(Cc4ccncc4)CC3)nc12. The number of hydrogen-bond donors (Lipinski definition) is 0. The number of fused-ring (bicyclic) bond motifs is 1. The van der Waals surface area contributed by atoms with E-state index in [0.717, 1.165) is 53.1 Å². The summed E-state index contributed by atoms with van der Waals surface area (Å²) in [5.41, 5.74) is 2.24. The highest BCUT2D eigenvalue weighted by atomic mass is 35.5. The Morgan fingerprint density at radius 2 is 1.83 bits per heavy atom. The number of rotatable bonds is 3. The van der Waals surface area contributed by atoms with Gasteiger partial charge in [0.05, 0.1) is 9.72 Å². The maximum Gasteiger partial charge on any atom is 0.186 e. The molecule has 0 radical (unpaired) electrons. The van der Waals surface area contributed by atoms with Crippen LogP contribution in [0.4, 0.5) is 5.13 Å². The molecule has 0 amide bonds. The summed E-state index contributed by atoms with van der Waals surface area (Å²) in [6.07, 6.45) is 3.72. The highest BCUT2D eigenvalue weighted by Gasteiger charge is 2.20. The van der Waals surface area contributed by atoms with Gasteiger partial charge in [0.25, 0.3) is 0 Å². The number of piperazine rings is 1. The minimum absolute atomic E-state index is 0.737. The molecule has 1 saturated heterocycles. The zero-order valence-corrected chi connectivity index (χ0v) is 14.2. The van der Waals surface area contributed by atoms with Crippen molar-refractivity contribution in [3.05, 3.63) is 53.3 Å². The fraction of sp³-hybridized carbons (Fsp3) is 0.294. The molecule has 118 valence electrons. The Morgan fingerprint density at radius 3 is 2.57 bits per heavy atom. The lowest BCUT2D eigenvalue weighted by molar-refractivity contribution is 0.250. The van der Waals surface area contributed by atoms with Crippen LogP contribution in [0, 0.1) is 0 Å². The summed E-state index contributed by atoms with van der Waals surface area (Å²) in [5.74, 6) is 0. The van der Waals surface area contributed by atoms with Crippen LogP contribution in [0.2, 0.25) is 5.02 Å². The summed E-state index contributed by atoms with van der Waals surface area (Å²) in [4.78, 5) is 13.6. The Morgan fingerprint density at radius 1 is 1.04 bits per heavy atom. The van der Waals surface area contributed by atoms with Gasteiger partial charge in [-0.2, -0.15) is 0 Å². The predicted molar refractivity (Wildman–Crippen MR) is 96.4 cm³/mol. The fourth-order valence-corrected chi connectivity index (χ4v) is 4.20. The van der Waals surface area contributed by atoms with E-state index in [2.05, 4.69) is 33.0 Å². The zero-order chi connectivity index (χ0) is 15.6. The molecule has 1 aromatic carbocycles. The van der Waals surface area contributed by atoms with Crippen LogP contribution < -0.4 is 4.90 Å². The molecule has 6 heteroatoms. The van der Waals surface area contributed by atoms with Crippen molar-refractivity contribution in [2.45, 2.75) is 6.54 Å². The van der Waals surface area contributed by atoms with Gasteiger partial charge in [0.15, 0.2) is 5.13 Å². The molecule has 1 fully saturated rings. The van der Waals surface area contributed by atoms with E-state index in [1.54, 1.807) is 11.3 Å². The summed E-state index contributed by atoms with van der Waals surface area (Å²) in [6, 6.07) is 10.1. The van der Waals surface area contributed by atoms with Gasteiger partial charge in [-0.25, -0.2) is 4.98 Å². The van der Waals surface area contributed by atoms with E-state index in [0.29, 0.717) is 0 Å². The Hall–Kier alpha value is -1.69. The quantitative estimate of drug-likeness (QED) is 0.725. The third kappa shape index (κ3) is 3.17. The molecule has 2 aromatic heterocycles. The number of anilines is 1. The van der Waals surface area contributed by atoms with E-state index in [4.69, 9.17) is 16.6 Å². The fourth-order valence-electron chi connectivity index (χ4n) is 2.88. The molecule has 3 heterocycles. The second-order valence-electron chi connectivity index (χ2n) is 5.70. The normalized spacial score (nSPS) is 16.1. The molecule has 23 heavy (non-hydrogen) atoms. The number of thiazole rings is 1. The molecule has 0 N–H and O–H groups in total. The Balaban J connectivity index is 1.43. The van der Waals surface area contributed by atoms with Gasteiger partial charge >= 0.3 is 0 Å². The molecule has 1 aliphatic rings. The average molecular weight is 345 g/mol. The molecule has 0 atom stereocenters. The van der Waals surface area contributed by atoms with Crippen molar-refractivity contribution in [3.8, 4) is 0 Å². The van der Waals surface area contributed by atoms with Crippen LogP contribution in [0.1, 0.15) is 5.56 Å². The number of para-hydroxylation sites is 1. The molecule has 0 saturated carbocycles. The first-order valence-corrected chi connectivity index (χ1v) is 8.90. The zero-order valence-electron chi connectivity index (χ0n) is 12.7. The maximum absolute atomic E-state index is 6.24. The molecular weight excluding hydrogens is 328 g/mol. The van der Waals surface area contributed by atoms with E-state index >= 15 is 0 Å². The molecule has 0 aliphatic carbocycles. The van der Waals surface area contributed by atoms with Gasteiger partial charge in [-0.3, -0.25) is 9.88 Å². The average Bonchev–Trinajstić information content (AvgIpc) is 3.02. The van der Waals surface area contributed by atoms with Crippen LogP contribution in [0.25, 0.3) is 10.2 Å². The van der Waals surface area contributed by atoms with Crippen molar-refractivity contribution in [2.24, 2.45) is 0 Å². The van der Waals surface area contributed by atoms with Crippen LogP contribution in [-0.4, -0.2) is 41.0 Å². The summed E-state index contributed by atoms with van der Waals surface area (Å²) >= 11 is 7.96. The lowest BCUT2D eigenvalue weighted by Gasteiger charge is -2.34.